The van der Waals surface area contributed by atoms with Gasteiger partial charge in [0.25, 0.3) is 0 Å². The molecule has 0 aliphatic heterocycles. The Labute approximate surface area is 133 Å². The van der Waals surface area contributed by atoms with Gasteiger partial charge < -0.3 is 15.1 Å². The second kappa shape index (κ2) is 7.82. The van der Waals surface area contributed by atoms with Gasteiger partial charge in [-0.05, 0) is 23.6 Å². The third-order valence-corrected chi connectivity index (χ3v) is 3.54. The molecule has 0 aliphatic rings. The van der Waals surface area contributed by atoms with Gasteiger partial charge in [0.2, 0.25) is 11.8 Å². The monoisotopic (exact) mass is 305 g/mol. The molecule has 1 aromatic carbocycles. The maximum absolute atomic E-state index is 12.5. The van der Waals surface area contributed by atoms with Gasteiger partial charge in [-0.2, -0.15) is 0 Å². The van der Waals surface area contributed by atoms with Crippen molar-refractivity contribution in [1.29, 1.82) is 0 Å². The Balaban J connectivity index is 2.75. The Kier molecular flexibility index (Phi) is 6.40. The summed E-state index contributed by atoms with van der Waals surface area (Å²) in [4.78, 5) is 27.5. The van der Waals surface area contributed by atoms with Gasteiger partial charge in [-0.3, -0.25) is 9.59 Å². The Morgan fingerprint density at radius 1 is 1.09 bits per heavy atom. The Morgan fingerprint density at radius 2 is 1.64 bits per heavy atom. The first-order valence-electron chi connectivity index (χ1n) is 7.50. The molecule has 0 saturated carbocycles. The lowest BCUT2D eigenvalue weighted by molar-refractivity contribution is -0.136. The molecule has 0 heterocycles. The van der Waals surface area contributed by atoms with E-state index in [1.807, 2.05) is 57.1 Å². The van der Waals surface area contributed by atoms with Crippen molar-refractivity contribution in [3.05, 3.63) is 29.8 Å². The van der Waals surface area contributed by atoms with Gasteiger partial charge in [0.15, 0.2) is 0 Å². The van der Waals surface area contributed by atoms with Crippen LogP contribution in [0.4, 0.5) is 5.69 Å². The SMILES string of the molecule is CC(=O)N[C@@H](C(=O)N(C)Cc1ccc(N(C)C)cc1)C(C)C. The average Bonchev–Trinajstić information content (AvgIpc) is 2.44. The Hall–Kier alpha value is -2.04. The van der Waals surface area contributed by atoms with Crippen LogP contribution in [-0.4, -0.2) is 43.9 Å². The van der Waals surface area contributed by atoms with Crippen LogP contribution in [0.2, 0.25) is 0 Å². The number of hydrogen-bond donors (Lipinski definition) is 1. The number of carbonyl (C=O) groups excluding carboxylic acids is 2. The molecular weight excluding hydrogens is 278 g/mol. The maximum Gasteiger partial charge on any atom is 0.245 e. The highest BCUT2D eigenvalue weighted by Crippen LogP contribution is 2.14. The number of nitrogens with zero attached hydrogens (tertiary/aromatic N) is 2. The molecule has 5 heteroatoms. The highest BCUT2D eigenvalue weighted by Gasteiger charge is 2.25. The topological polar surface area (TPSA) is 52.7 Å². The zero-order valence-electron chi connectivity index (χ0n) is 14.4. The van der Waals surface area contributed by atoms with Gasteiger partial charge in [-0.15, -0.1) is 0 Å². The number of benzene rings is 1. The summed E-state index contributed by atoms with van der Waals surface area (Å²) in [5, 5.41) is 2.73. The molecule has 0 saturated heterocycles. The van der Waals surface area contributed by atoms with Crippen molar-refractivity contribution in [2.24, 2.45) is 5.92 Å². The molecule has 22 heavy (non-hydrogen) atoms. The number of nitrogens with one attached hydrogen (secondary N) is 1. The molecule has 1 rings (SSSR count). The minimum absolute atomic E-state index is 0.0509. The van der Waals surface area contributed by atoms with Gasteiger partial charge in [-0.1, -0.05) is 26.0 Å². The zero-order valence-corrected chi connectivity index (χ0v) is 14.4. The summed E-state index contributed by atoms with van der Waals surface area (Å²) in [5.41, 5.74) is 2.18. The fourth-order valence-electron chi connectivity index (χ4n) is 2.22. The summed E-state index contributed by atoms with van der Waals surface area (Å²) in [6.07, 6.45) is 0. The molecule has 5 nitrogen and oxygen atoms in total. The van der Waals surface area contributed by atoms with Crippen LogP contribution in [0.15, 0.2) is 24.3 Å². The van der Waals surface area contributed by atoms with Gasteiger partial charge in [-0.25, -0.2) is 0 Å². The van der Waals surface area contributed by atoms with E-state index in [1.165, 1.54) is 6.92 Å². The minimum Gasteiger partial charge on any atom is -0.378 e. The number of hydrogen-bond acceptors (Lipinski definition) is 3. The van der Waals surface area contributed by atoms with Gasteiger partial charge in [0.05, 0.1) is 0 Å². The van der Waals surface area contributed by atoms with E-state index in [0.29, 0.717) is 6.54 Å². The summed E-state index contributed by atoms with van der Waals surface area (Å²) in [6, 6.07) is 7.61. The van der Waals surface area contributed by atoms with Crippen molar-refractivity contribution < 1.29 is 9.59 Å². The number of anilines is 1. The summed E-state index contributed by atoms with van der Waals surface area (Å²) in [5.74, 6) is -0.201. The van der Waals surface area contributed by atoms with Crippen LogP contribution in [0.3, 0.4) is 0 Å². The first-order valence-corrected chi connectivity index (χ1v) is 7.50. The number of rotatable bonds is 6. The van der Waals surface area contributed by atoms with E-state index in [9.17, 15) is 9.59 Å². The quantitative estimate of drug-likeness (QED) is 0.873. The second-order valence-electron chi connectivity index (χ2n) is 6.18. The standard InChI is InChI=1S/C17H27N3O2/c1-12(2)16(18-13(3)21)17(22)20(6)11-14-7-9-15(10-8-14)19(4)5/h7-10,12,16H,11H2,1-6H3,(H,18,21)/t16-/m1/s1. The molecule has 0 radical (unpaired) electrons. The lowest BCUT2D eigenvalue weighted by atomic mass is 10.0. The minimum atomic E-state index is -0.483. The van der Waals surface area contributed by atoms with E-state index in [2.05, 4.69) is 5.32 Å². The smallest absolute Gasteiger partial charge is 0.245 e. The third kappa shape index (κ3) is 5.06. The van der Waals surface area contributed by atoms with Crippen LogP contribution in [0, 0.1) is 5.92 Å². The average molecular weight is 305 g/mol. The number of carbonyl (C=O) groups is 2. The van der Waals surface area contributed by atoms with Crippen molar-refractivity contribution >= 4 is 17.5 Å². The molecule has 1 atom stereocenters. The van der Waals surface area contributed by atoms with E-state index in [4.69, 9.17) is 0 Å². The van der Waals surface area contributed by atoms with Crippen molar-refractivity contribution in [3.63, 3.8) is 0 Å². The van der Waals surface area contributed by atoms with Crippen LogP contribution in [-0.2, 0) is 16.1 Å². The normalized spacial score (nSPS) is 12.0. The second-order valence-corrected chi connectivity index (χ2v) is 6.18. The van der Waals surface area contributed by atoms with E-state index in [0.717, 1.165) is 11.3 Å². The molecule has 0 aliphatic carbocycles. The molecule has 1 aromatic rings. The Morgan fingerprint density at radius 3 is 2.05 bits per heavy atom. The van der Waals surface area contributed by atoms with Gasteiger partial charge >= 0.3 is 0 Å². The molecule has 0 fully saturated rings. The van der Waals surface area contributed by atoms with Crippen LogP contribution >= 0.6 is 0 Å². The molecule has 0 bridgehead atoms. The first kappa shape index (κ1) is 18.0. The lowest BCUT2D eigenvalue weighted by Gasteiger charge is -2.27. The van der Waals surface area contributed by atoms with E-state index >= 15 is 0 Å². The molecule has 1 N–H and O–H groups in total. The van der Waals surface area contributed by atoms with Crippen LogP contribution < -0.4 is 10.2 Å². The van der Waals surface area contributed by atoms with Crippen LogP contribution in [0.25, 0.3) is 0 Å². The van der Waals surface area contributed by atoms with Crippen molar-refractivity contribution in [1.82, 2.24) is 10.2 Å². The summed E-state index contributed by atoms with van der Waals surface area (Å²) >= 11 is 0. The molecule has 0 aromatic heterocycles. The fraction of sp³-hybridized carbons (Fsp3) is 0.529. The van der Waals surface area contributed by atoms with Crippen molar-refractivity contribution in [3.8, 4) is 0 Å². The fourth-order valence-corrected chi connectivity index (χ4v) is 2.22. The van der Waals surface area contributed by atoms with Crippen LogP contribution in [0.5, 0.6) is 0 Å². The first-order chi connectivity index (χ1) is 10.2. The molecular formula is C17H27N3O2. The zero-order chi connectivity index (χ0) is 16.9. The molecule has 2 amide bonds. The van der Waals surface area contributed by atoms with E-state index < -0.39 is 6.04 Å². The van der Waals surface area contributed by atoms with Crippen molar-refractivity contribution in [2.75, 3.05) is 26.0 Å². The van der Waals surface area contributed by atoms with Gasteiger partial charge in [0, 0.05) is 40.3 Å². The van der Waals surface area contributed by atoms with E-state index in [1.54, 1.807) is 11.9 Å². The molecule has 0 spiro atoms. The van der Waals surface area contributed by atoms with Crippen LogP contribution in [0.1, 0.15) is 26.3 Å². The highest BCUT2D eigenvalue weighted by molar-refractivity contribution is 5.86. The number of likely N-dealkylation sites (N-methyl/N-ethyl adjacent to an activating group) is 1. The maximum atomic E-state index is 12.5. The van der Waals surface area contributed by atoms with E-state index in [-0.39, 0.29) is 17.7 Å². The van der Waals surface area contributed by atoms with Crippen molar-refractivity contribution in [2.45, 2.75) is 33.4 Å². The number of amides is 2. The predicted octanol–water partition coefficient (Wildman–Crippen LogP) is 1.87. The largest absolute Gasteiger partial charge is 0.378 e. The Bertz CT molecular complexity index is 509. The summed E-state index contributed by atoms with van der Waals surface area (Å²) < 4.78 is 0. The highest BCUT2D eigenvalue weighted by atomic mass is 16.2. The van der Waals surface area contributed by atoms with Gasteiger partial charge in [0.1, 0.15) is 6.04 Å². The predicted molar refractivity (Wildman–Crippen MR) is 89.7 cm³/mol. The summed E-state index contributed by atoms with van der Waals surface area (Å²) in [6.45, 7) is 5.81. The lowest BCUT2D eigenvalue weighted by Crippen LogP contribution is -2.49. The molecule has 122 valence electrons. The third-order valence-electron chi connectivity index (χ3n) is 3.54. The molecule has 0 unspecified atom stereocenters. The summed E-state index contributed by atoms with van der Waals surface area (Å²) in [7, 11) is 5.75.